The van der Waals surface area contributed by atoms with Crippen molar-refractivity contribution in [3.63, 3.8) is 0 Å². The van der Waals surface area contributed by atoms with Crippen molar-refractivity contribution in [2.45, 2.75) is 51.1 Å². The first-order valence-corrected chi connectivity index (χ1v) is 10.9. The number of fused-ring (bicyclic) bond motifs is 1. The van der Waals surface area contributed by atoms with Gasteiger partial charge < -0.3 is 9.26 Å². The van der Waals surface area contributed by atoms with Gasteiger partial charge in [0.1, 0.15) is 23.9 Å². The standard InChI is InChI=1S/C22H20F3N5O5/c1-12-16(11-34-15-6-4-14(5-7-15)30(32)33)20(27-35-12)21(31)28-17(13-2-3-13)10-18(22(23,24)25)29-19(28)8-9-26-29/h4-9,13,17-18H,2-3,10-11H2,1H3/t17-,18+/m1/s1. The van der Waals surface area contributed by atoms with E-state index in [0.29, 0.717) is 17.1 Å². The van der Waals surface area contributed by atoms with Crippen LogP contribution in [0.1, 0.15) is 47.1 Å². The maximum absolute atomic E-state index is 13.8. The maximum atomic E-state index is 13.8. The summed E-state index contributed by atoms with van der Waals surface area (Å²) in [5.74, 6) is 0.0680. The van der Waals surface area contributed by atoms with Crippen LogP contribution in [-0.4, -0.2) is 38.0 Å². The third-order valence-corrected chi connectivity index (χ3v) is 6.37. The molecule has 3 aromatic rings. The van der Waals surface area contributed by atoms with Gasteiger partial charge in [-0.05, 0) is 44.2 Å². The summed E-state index contributed by atoms with van der Waals surface area (Å²) in [5, 5.41) is 18.6. The van der Waals surface area contributed by atoms with Gasteiger partial charge in [0.05, 0.1) is 16.7 Å². The van der Waals surface area contributed by atoms with E-state index < -0.39 is 29.1 Å². The Balaban J connectivity index is 1.43. The zero-order chi connectivity index (χ0) is 24.9. The molecule has 0 N–H and O–H groups in total. The minimum atomic E-state index is -4.50. The van der Waals surface area contributed by atoms with E-state index in [4.69, 9.17) is 9.26 Å². The van der Waals surface area contributed by atoms with Crippen LogP contribution >= 0.6 is 0 Å². The lowest BCUT2D eigenvalue weighted by Crippen LogP contribution is -2.50. The topological polar surface area (TPSA) is 117 Å². The highest BCUT2D eigenvalue weighted by molar-refractivity contribution is 6.06. The monoisotopic (exact) mass is 491 g/mol. The number of anilines is 1. The number of nitro benzene ring substituents is 1. The first-order chi connectivity index (χ1) is 16.6. The van der Waals surface area contributed by atoms with E-state index in [-0.39, 0.29) is 36.1 Å². The predicted octanol–water partition coefficient (Wildman–Crippen LogP) is 4.60. The van der Waals surface area contributed by atoms with E-state index in [2.05, 4.69) is 10.3 Å². The molecule has 2 aliphatic rings. The average Bonchev–Trinajstić information content (AvgIpc) is 3.43. The van der Waals surface area contributed by atoms with Gasteiger partial charge in [-0.1, -0.05) is 5.16 Å². The summed E-state index contributed by atoms with van der Waals surface area (Å²) in [6, 6.07) is 4.34. The van der Waals surface area contributed by atoms with E-state index in [0.717, 1.165) is 17.5 Å². The molecule has 1 fully saturated rings. The molecule has 10 nitrogen and oxygen atoms in total. The zero-order valence-corrected chi connectivity index (χ0v) is 18.4. The molecule has 1 aliphatic heterocycles. The number of hydrogen-bond acceptors (Lipinski definition) is 7. The molecule has 0 spiro atoms. The summed E-state index contributed by atoms with van der Waals surface area (Å²) >= 11 is 0. The minimum Gasteiger partial charge on any atom is -0.489 e. The molecule has 2 atom stereocenters. The summed E-state index contributed by atoms with van der Waals surface area (Å²) < 4.78 is 53.0. The number of halogens is 3. The van der Waals surface area contributed by atoms with Gasteiger partial charge >= 0.3 is 6.18 Å². The highest BCUT2D eigenvalue weighted by Gasteiger charge is 2.53. The zero-order valence-electron chi connectivity index (χ0n) is 18.4. The molecule has 184 valence electrons. The molecule has 35 heavy (non-hydrogen) atoms. The third kappa shape index (κ3) is 4.21. The van der Waals surface area contributed by atoms with E-state index >= 15 is 0 Å². The minimum absolute atomic E-state index is 0.0414. The Morgan fingerprint density at radius 1 is 1.26 bits per heavy atom. The molecule has 3 heterocycles. The second-order valence-electron chi connectivity index (χ2n) is 8.61. The van der Waals surface area contributed by atoms with E-state index in [1.165, 1.54) is 41.4 Å². The van der Waals surface area contributed by atoms with Gasteiger partial charge in [0.25, 0.3) is 11.6 Å². The first kappa shape index (κ1) is 22.9. The highest BCUT2D eigenvalue weighted by Crippen LogP contribution is 2.48. The molecule has 1 aliphatic carbocycles. The van der Waals surface area contributed by atoms with Crippen molar-refractivity contribution < 1.29 is 32.1 Å². The van der Waals surface area contributed by atoms with Crippen molar-refractivity contribution in [3.05, 3.63) is 63.7 Å². The Morgan fingerprint density at radius 3 is 2.60 bits per heavy atom. The van der Waals surface area contributed by atoms with Crippen LogP contribution in [0.15, 0.2) is 41.1 Å². The van der Waals surface area contributed by atoms with Crippen molar-refractivity contribution in [2.24, 2.45) is 5.92 Å². The van der Waals surface area contributed by atoms with Crippen molar-refractivity contribution in [1.29, 1.82) is 0 Å². The Morgan fingerprint density at radius 2 is 1.97 bits per heavy atom. The second-order valence-corrected chi connectivity index (χ2v) is 8.61. The lowest BCUT2D eigenvalue weighted by atomic mass is 9.97. The van der Waals surface area contributed by atoms with Crippen LogP contribution in [-0.2, 0) is 6.61 Å². The Bertz CT molecular complexity index is 1270. The number of nitrogens with zero attached hydrogens (tertiary/aromatic N) is 5. The highest BCUT2D eigenvalue weighted by atomic mass is 19.4. The Kier molecular flexibility index (Phi) is 5.49. The quantitative estimate of drug-likeness (QED) is 0.365. The fourth-order valence-electron chi connectivity index (χ4n) is 4.42. The first-order valence-electron chi connectivity index (χ1n) is 10.9. The van der Waals surface area contributed by atoms with Crippen LogP contribution < -0.4 is 9.64 Å². The molecule has 0 saturated heterocycles. The molecule has 13 heteroatoms. The summed E-state index contributed by atoms with van der Waals surface area (Å²) in [5.41, 5.74) is 0.180. The van der Waals surface area contributed by atoms with Crippen LogP contribution in [0.3, 0.4) is 0 Å². The second kappa shape index (κ2) is 8.40. The number of nitro groups is 1. The van der Waals surface area contributed by atoms with Crippen molar-refractivity contribution in [2.75, 3.05) is 4.90 Å². The number of aryl methyl sites for hydroxylation is 1. The molecular formula is C22H20F3N5O5. The lowest BCUT2D eigenvalue weighted by Gasteiger charge is -2.40. The van der Waals surface area contributed by atoms with Crippen LogP contribution in [0.4, 0.5) is 24.7 Å². The summed E-state index contributed by atoms with van der Waals surface area (Å²) in [4.78, 5) is 25.3. The number of carbonyl (C=O) groups is 1. The molecule has 1 aromatic carbocycles. The normalized spacial score (nSPS) is 19.9. The van der Waals surface area contributed by atoms with Gasteiger partial charge in [0, 0.05) is 24.2 Å². The van der Waals surface area contributed by atoms with Crippen LogP contribution in [0, 0.1) is 23.0 Å². The number of amides is 1. The van der Waals surface area contributed by atoms with Crippen LogP contribution in [0.2, 0.25) is 0 Å². The number of hydrogen-bond donors (Lipinski definition) is 0. The van der Waals surface area contributed by atoms with E-state index in [1.54, 1.807) is 6.92 Å². The number of non-ortho nitro benzene ring substituents is 1. The van der Waals surface area contributed by atoms with Crippen molar-refractivity contribution >= 4 is 17.4 Å². The molecular weight excluding hydrogens is 471 g/mol. The van der Waals surface area contributed by atoms with Gasteiger partial charge in [-0.2, -0.15) is 18.3 Å². The summed E-state index contributed by atoms with van der Waals surface area (Å²) in [7, 11) is 0. The van der Waals surface area contributed by atoms with E-state index in [9.17, 15) is 28.1 Å². The smallest absolute Gasteiger partial charge is 0.410 e. The average molecular weight is 491 g/mol. The maximum Gasteiger partial charge on any atom is 0.410 e. The summed E-state index contributed by atoms with van der Waals surface area (Å²) in [6.45, 7) is 1.47. The van der Waals surface area contributed by atoms with Crippen molar-refractivity contribution in [1.82, 2.24) is 14.9 Å². The number of alkyl halides is 3. The fourth-order valence-corrected chi connectivity index (χ4v) is 4.42. The van der Waals surface area contributed by atoms with Gasteiger partial charge in [0.2, 0.25) is 0 Å². The van der Waals surface area contributed by atoms with E-state index in [1.807, 2.05) is 0 Å². The number of benzene rings is 1. The third-order valence-electron chi connectivity index (χ3n) is 6.37. The molecule has 0 radical (unpaired) electrons. The molecule has 1 saturated carbocycles. The Labute approximate surface area is 196 Å². The predicted molar refractivity (Wildman–Crippen MR) is 114 cm³/mol. The number of aromatic nitrogens is 3. The van der Waals surface area contributed by atoms with Gasteiger partial charge in [-0.15, -0.1) is 0 Å². The Hall–Kier alpha value is -3.90. The van der Waals surface area contributed by atoms with Gasteiger partial charge in [0.15, 0.2) is 11.7 Å². The van der Waals surface area contributed by atoms with Crippen molar-refractivity contribution in [3.8, 4) is 5.75 Å². The largest absolute Gasteiger partial charge is 0.489 e. The molecule has 0 bridgehead atoms. The molecule has 2 aromatic heterocycles. The molecule has 1 amide bonds. The van der Waals surface area contributed by atoms with Gasteiger partial charge in [-0.3, -0.25) is 19.8 Å². The fraction of sp³-hybridized carbons (Fsp3) is 0.409. The molecule has 5 rings (SSSR count). The lowest BCUT2D eigenvalue weighted by molar-refractivity contribution is -0.384. The molecule has 0 unspecified atom stereocenters. The van der Waals surface area contributed by atoms with Gasteiger partial charge in [-0.25, -0.2) is 4.68 Å². The number of ether oxygens (including phenoxy) is 1. The SMILES string of the molecule is Cc1onc(C(=O)N2c3ccnn3[C@H](C(F)(F)F)C[C@@H]2C2CC2)c1COc1ccc([N+](=O)[O-])cc1. The van der Waals surface area contributed by atoms with Crippen LogP contribution in [0.5, 0.6) is 5.75 Å². The summed E-state index contributed by atoms with van der Waals surface area (Å²) in [6.07, 6.45) is -2.07. The number of rotatable bonds is 6. The number of carbonyl (C=O) groups excluding carboxylic acids is 1. The van der Waals surface area contributed by atoms with Crippen LogP contribution in [0.25, 0.3) is 0 Å².